The fourth-order valence-electron chi connectivity index (χ4n) is 4.36. The quantitative estimate of drug-likeness (QED) is 0.542. The van der Waals surface area contributed by atoms with E-state index in [1.54, 1.807) is 0 Å². The van der Waals surface area contributed by atoms with E-state index in [4.69, 9.17) is 21.9 Å². The summed E-state index contributed by atoms with van der Waals surface area (Å²) in [6, 6.07) is 10.5. The summed E-state index contributed by atoms with van der Waals surface area (Å²) in [7, 11) is 0. The largest absolute Gasteiger partial charge is 0.378 e. The zero-order chi connectivity index (χ0) is 19.8. The first-order chi connectivity index (χ1) is 14.2. The van der Waals surface area contributed by atoms with Crippen molar-refractivity contribution in [1.82, 2.24) is 9.88 Å². The average molecular weight is 426 g/mol. The number of anilines is 1. The van der Waals surface area contributed by atoms with Gasteiger partial charge in [0.15, 0.2) is 0 Å². The van der Waals surface area contributed by atoms with Crippen LogP contribution in [0.5, 0.6) is 0 Å². The molecular formula is C22H23N3O2S2. The standard InChI is InChI=1S/C22H23N3O2S2/c26-21-19(29-22(28)25(21)17-6-2-3-7-17)14-16-13-15-5-1-4-8-18(15)23-20(16)24-9-11-27-12-10-24/h1,4-5,8,13-14,17H,2-3,6-7,9-12H2. The maximum atomic E-state index is 13.2. The first-order valence-electron chi connectivity index (χ1n) is 10.2. The number of fused-ring (bicyclic) bond motifs is 1. The van der Waals surface area contributed by atoms with Gasteiger partial charge in [0.25, 0.3) is 5.91 Å². The van der Waals surface area contributed by atoms with Crippen LogP contribution in [0.2, 0.25) is 0 Å². The molecule has 3 fully saturated rings. The molecule has 29 heavy (non-hydrogen) atoms. The molecule has 7 heteroatoms. The number of carbonyl (C=O) groups excluding carboxylic acids is 1. The Hall–Kier alpha value is -1.96. The summed E-state index contributed by atoms with van der Waals surface area (Å²) in [5.74, 6) is 0.964. The number of hydrogen-bond donors (Lipinski definition) is 0. The van der Waals surface area contributed by atoms with Gasteiger partial charge in [-0.05, 0) is 31.1 Å². The summed E-state index contributed by atoms with van der Waals surface area (Å²) in [6.07, 6.45) is 6.44. The molecule has 2 saturated heterocycles. The van der Waals surface area contributed by atoms with Crippen LogP contribution in [0.25, 0.3) is 17.0 Å². The van der Waals surface area contributed by atoms with Gasteiger partial charge in [0.2, 0.25) is 0 Å². The molecular weight excluding hydrogens is 402 g/mol. The molecule has 1 aromatic heterocycles. The summed E-state index contributed by atoms with van der Waals surface area (Å²) in [5, 5.41) is 1.07. The van der Waals surface area contributed by atoms with E-state index in [0.717, 1.165) is 48.2 Å². The second-order valence-electron chi connectivity index (χ2n) is 7.68. The molecule has 2 aromatic rings. The number of thioether (sulfide) groups is 1. The Morgan fingerprint density at radius 1 is 1.17 bits per heavy atom. The highest BCUT2D eigenvalue weighted by atomic mass is 32.2. The number of para-hydroxylation sites is 1. The molecule has 0 N–H and O–H groups in total. The van der Waals surface area contributed by atoms with Gasteiger partial charge in [-0.15, -0.1) is 0 Å². The fourth-order valence-corrected chi connectivity index (χ4v) is 5.75. The Kier molecular flexibility index (Phi) is 5.28. The van der Waals surface area contributed by atoms with E-state index < -0.39 is 0 Å². The normalized spacial score (nSPS) is 22.4. The van der Waals surface area contributed by atoms with Crippen molar-refractivity contribution >= 4 is 57.0 Å². The van der Waals surface area contributed by atoms with E-state index in [-0.39, 0.29) is 11.9 Å². The number of pyridine rings is 1. The number of morpholine rings is 1. The lowest BCUT2D eigenvalue weighted by Crippen LogP contribution is -2.37. The Morgan fingerprint density at radius 2 is 1.93 bits per heavy atom. The van der Waals surface area contributed by atoms with Gasteiger partial charge >= 0.3 is 0 Å². The van der Waals surface area contributed by atoms with Crippen molar-refractivity contribution in [2.45, 2.75) is 31.7 Å². The van der Waals surface area contributed by atoms with E-state index in [0.29, 0.717) is 22.4 Å². The predicted octanol–water partition coefficient (Wildman–Crippen LogP) is 4.22. The molecule has 3 aliphatic rings. The maximum absolute atomic E-state index is 13.2. The van der Waals surface area contributed by atoms with Gasteiger partial charge in [-0.3, -0.25) is 9.69 Å². The third-order valence-electron chi connectivity index (χ3n) is 5.84. The van der Waals surface area contributed by atoms with Crippen molar-refractivity contribution in [2.24, 2.45) is 0 Å². The lowest BCUT2D eigenvalue weighted by molar-refractivity contribution is -0.123. The molecule has 0 unspecified atom stereocenters. The lowest BCUT2D eigenvalue weighted by Gasteiger charge is -2.29. The van der Waals surface area contributed by atoms with Crippen molar-refractivity contribution in [1.29, 1.82) is 0 Å². The minimum absolute atomic E-state index is 0.0491. The summed E-state index contributed by atoms with van der Waals surface area (Å²) in [5.41, 5.74) is 1.93. The molecule has 0 radical (unpaired) electrons. The van der Waals surface area contributed by atoms with E-state index in [1.807, 2.05) is 29.2 Å². The van der Waals surface area contributed by atoms with Gasteiger partial charge in [0, 0.05) is 30.1 Å². The third-order valence-corrected chi connectivity index (χ3v) is 7.17. The van der Waals surface area contributed by atoms with Gasteiger partial charge in [-0.1, -0.05) is 55.0 Å². The molecule has 1 aromatic carbocycles. The zero-order valence-corrected chi connectivity index (χ0v) is 17.8. The number of ether oxygens (including phenoxy) is 1. The van der Waals surface area contributed by atoms with Crippen LogP contribution in [0.1, 0.15) is 31.2 Å². The average Bonchev–Trinajstić information content (AvgIpc) is 3.36. The Labute approximate surface area is 180 Å². The Morgan fingerprint density at radius 3 is 2.72 bits per heavy atom. The SMILES string of the molecule is O=C1C(=Cc2cc3ccccc3nc2N2CCOCC2)SC(=S)N1C1CCCC1. The molecule has 3 heterocycles. The minimum atomic E-state index is 0.0491. The second kappa shape index (κ2) is 8.05. The zero-order valence-electron chi connectivity index (χ0n) is 16.2. The molecule has 0 atom stereocenters. The summed E-state index contributed by atoms with van der Waals surface area (Å²) >= 11 is 6.99. The number of thiocarbonyl (C=S) groups is 1. The van der Waals surface area contributed by atoms with E-state index in [1.165, 1.54) is 24.6 Å². The van der Waals surface area contributed by atoms with Crippen LogP contribution in [0.15, 0.2) is 35.2 Å². The third kappa shape index (κ3) is 3.67. The van der Waals surface area contributed by atoms with Crippen molar-refractivity contribution < 1.29 is 9.53 Å². The number of rotatable bonds is 3. The van der Waals surface area contributed by atoms with Crippen molar-refractivity contribution in [3.63, 3.8) is 0 Å². The molecule has 0 spiro atoms. The lowest BCUT2D eigenvalue weighted by atomic mass is 10.1. The van der Waals surface area contributed by atoms with Crippen molar-refractivity contribution in [3.05, 3.63) is 40.8 Å². The number of hydrogen-bond acceptors (Lipinski definition) is 6. The summed E-state index contributed by atoms with van der Waals surface area (Å²) in [4.78, 5) is 22.9. The van der Waals surface area contributed by atoms with Crippen LogP contribution >= 0.6 is 24.0 Å². The maximum Gasteiger partial charge on any atom is 0.266 e. The van der Waals surface area contributed by atoms with Crippen LogP contribution in [-0.2, 0) is 9.53 Å². The van der Waals surface area contributed by atoms with Gasteiger partial charge in [-0.2, -0.15) is 0 Å². The first kappa shape index (κ1) is 19.0. The molecule has 150 valence electrons. The molecule has 5 rings (SSSR count). The van der Waals surface area contributed by atoms with Gasteiger partial charge in [0.1, 0.15) is 10.1 Å². The van der Waals surface area contributed by atoms with E-state index >= 15 is 0 Å². The molecule has 5 nitrogen and oxygen atoms in total. The Balaban J connectivity index is 1.55. The molecule has 0 bridgehead atoms. The fraction of sp³-hybridized carbons (Fsp3) is 0.409. The number of carbonyl (C=O) groups is 1. The van der Waals surface area contributed by atoms with E-state index in [2.05, 4.69) is 17.0 Å². The predicted molar refractivity (Wildman–Crippen MR) is 122 cm³/mol. The molecule has 2 aliphatic heterocycles. The topological polar surface area (TPSA) is 45.7 Å². The number of amides is 1. The minimum Gasteiger partial charge on any atom is -0.378 e. The number of benzene rings is 1. The monoisotopic (exact) mass is 425 g/mol. The first-order valence-corrected chi connectivity index (χ1v) is 11.4. The summed E-state index contributed by atoms with van der Waals surface area (Å²) < 4.78 is 6.21. The molecule has 1 amide bonds. The van der Waals surface area contributed by atoms with Crippen LogP contribution in [0.4, 0.5) is 5.82 Å². The van der Waals surface area contributed by atoms with Crippen LogP contribution < -0.4 is 4.90 Å². The highest BCUT2D eigenvalue weighted by Gasteiger charge is 2.38. The van der Waals surface area contributed by atoms with Crippen LogP contribution in [0, 0.1) is 0 Å². The van der Waals surface area contributed by atoms with E-state index in [9.17, 15) is 4.79 Å². The van der Waals surface area contributed by atoms with Crippen LogP contribution in [-0.4, -0.2) is 52.5 Å². The summed E-state index contributed by atoms with van der Waals surface area (Å²) in [6.45, 7) is 2.99. The van der Waals surface area contributed by atoms with Crippen molar-refractivity contribution in [2.75, 3.05) is 31.2 Å². The smallest absolute Gasteiger partial charge is 0.266 e. The van der Waals surface area contributed by atoms with Gasteiger partial charge < -0.3 is 9.64 Å². The van der Waals surface area contributed by atoms with Crippen LogP contribution in [0.3, 0.4) is 0 Å². The second-order valence-corrected chi connectivity index (χ2v) is 9.36. The molecule has 1 saturated carbocycles. The Bertz CT molecular complexity index is 995. The van der Waals surface area contributed by atoms with Crippen molar-refractivity contribution in [3.8, 4) is 0 Å². The molecule has 1 aliphatic carbocycles. The highest BCUT2D eigenvalue weighted by molar-refractivity contribution is 8.26. The highest BCUT2D eigenvalue weighted by Crippen LogP contribution is 2.39. The number of nitrogens with zero attached hydrogens (tertiary/aromatic N) is 3. The van der Waals surface area contributed by atoms with Gasteiger partial charge in [-0.25, -0.2) is 4.98 Å². The van der Waals surface area contributed by atoms with Gasteiger partial charge in [0.05, 0.1) is 23.6 Å². The number of aromatic nitrogens is 1.